The summed E-state index contributed by atoms with van der Waals surface area (Å²) >= 11 is 1.83. The molecule has 1 aliphatic carbocycles. The SMILES string of the molecule is CC1C=C(c2ccc3sc4ccc(-c5ccccc5C#N)cc4c3c2)C(n2c3ccccc3c3ccccc32)=CC1. The Morgan fingerprint density at radius 2 is 1.32 bits per heavy atom. The topological polar surface area (TPSA) is 28.7 Å². The zero-order valence-corrected chi connectivity index (χ0v) is 23.5. The average molecular weight is 543 g/mol. The number of para-hydroxylation sites is 2. The van der Waals surface area contributed by atoms with E-state index in [1.807, 2.05) is 35.6 Å². The summed E-state index contributed by atoms with van der Waals surface area (Å²) in [5, 5.41) is 14.8. The van der Waals surface area contributed by atoms with E-state index in [0.29, 0.717) is 11.5 Å². The van der Waals surface area contributed by atoms with Gasteiger partial charge in [-0.15, -0.1) is 11.3 Å². The Hall–Kier alpha value is -4.91. The summed E-state index contributed by atoms with van der Waals surface area (Å²) in [7, 11) is 0. The smallest absolute Gasteiger partial charge is 0.0998 e. The Morgan fingerprint density at radius 1 is 0.707 bits per heavy atom. The number of fused-ring (bicyclic) bond motifs is 6. The van der Waals surface area contributed by atoms with E-state index in [1.165, 1.54) is 58.8 Å². The van der Waals surface area contributed by atoms with Gasteiger partial charge in [0.15, 0.2) is 0 Å². The zero-order valence-electron chi connectivity index (χ0n) is 22.6. The monoisotopic (exact) mass is 542 g/mol. The van der Waals surface area contributed by atoms with Crippen LogP contribution in [0, 0.1) is 17.2 Å². The maximum Gasteiger partial charge on any atom is 0.0998 e. The van der Waals surface area contributed by atoms with Crippen molar-refractivity contribution in [2.45, 2.75) is 13.3 Å². The van der Waals surface area contributed by atoms with Gasteiger partial charge < -0.3 is 4.57 Å². The van der Waals surface area contributed by atoms with E-state index < -0.39 is 0 Å². The van der Waals surface area contributed by atoms with Crippen LogP contribution in [0.4, 0.5) is 0 Å². The maximum absolute atomic E-state index is 9.70. The predicted molar refractivity (Wildman–Crippen MR) is 175 cm³/mol. The van der Waals surface area contributed by atoms with Gasteiger partial charge in [0.05, 0.1) is 22.7 Å². The van der Waals surface area contributed by atoms with Crippen molar-refractivity contribution in [1.29, 1.82) is 5.26 Å². The molecule has 1 atom stereocenters. The Kier molecular flexibility index (Phi) is 5.45. The molecule has 0 spiro atoms. The van der Waals surface area contributed by atoms with Crippen LogP contribution in [-0.4, -0.2) is 4.57 Å². The van der Waals surface area contributed by atoms with Gasteiger partial charge in [0.25, 0.3) is 0 Å². The maximum atomic E-state index is 9.70. The summed E-state index contributed by atoms with van der Waals surface area (Å²) < 4.78 is 5.00. The Bertz CT molecular complexity index is 2210. The van der Waals surface area contributed by atoms with Gasteiger partial charge in [-0.2, -0.15) is 5.26 Å². The first kappa shape index (κ1) is 23.9. The second-order valence-electron chi connectivity index (χ2n) is 10.9. The van der Waals surface area contributed by atoms with E-state index >= 15 is 0 Å². The number of aromatic nitrogens is 1. The molecule has 0 saturated carbocycles. The highest BCUT2D eigenvalue weighted by Crippen LogP contribution is 2.43. The Balaban J connectivity index is 1.32. The van der Waals surface area contributed by atoms with Gasteiger partial charge in [-0.25, -0.2) is 0 Å². The number of allylic oxidation sites excluding steroid dienone is 4. The minimum atomic E-state index is 0.464. The van der Waals surface area contributed by atoms with Crippen molar-refractivity contribution < 1.29 is 0 Å². The molecule has 7 aromatic rings. The van der Waals surface area contributed by atoms with Gasteiger partial charge >= 0.3 is 0 Å². The van der Waals surface area contributed by atoms with Gasteiger partial charge in [0, 0.05) is 42.2 Å². The molecule has 1 aliphatic rings. The van der Waals surface area contributed by atoms with E-state index in [9.17, 15) is 5.26 Å². The fourth-order valence-corrected chi connectivity index (χ4v) is 7.49. The lowest BCUT2D eigenvalue weighted by molar-refractivity contribution is 0.738. The number of rotatable bonds is 3. The van der Waals surface area contributed by atoms with E-state index in [1.54, 1.807) is 0 Å². The number of thiophene rings is 1. The first-order valence-corrected chi connectivity index (χ1v) is 14.9. The molecule has 0 amide bonds. The second-order valence-corrected chi connectivity index (χ2v) is 12.0. The van der Waals surface area contributed by atoms with Crippen molar-refractivity contribution >= 4 is 64.6 Å². The van der Waals surface area contributed by atoms with Crippen LogP contribution in [0.1, 0.15) is 24.5 Å². The van der Waals surface area contributed by atoms with E-state index in [-0.39, 0.29) is 0 Å². The lowest BCUT2D eigenvalue weighted by Gasteiger charge is -2.23. The second kappa shape index (κ2) is 9.34. The van der Waals surface area contributed by atoms with Crippen molar-refractivity contribution in [3.05, 3.63) is 132 Å². The van der Waals surface area contributed by atoms with Crippen LogP contribution in [0.3, 0.4) is 0 Å². The molecule has 0 fully saturated rings. The van der Waals surface area contributed by atoms with Crippen molar-refractivity contribution in [1.82, 2.24) is 4.57 Å². The largest absolute Gasteiger partial charge is 0.309 e. The standard InChI is InChI=1S/C38H26N2S/c1-24-14-17-36(40-34-12-6-4-10-29(34)30-11-5-7-13-35(30)40)31(20-24)26-16-19-38-33(22-26)32-21-25(15-18-37(32)41-38)28-9-3-2-8-27(28)23-39/h2-13,15-22,24H,14H2,1H3. The van der Waals surface area contributed by atoms with Crippen LogP contribution in [0.15, 0.2) is 121 Å². The summed E-state index contributed by atoms with van der Waals surface area (Å²) in [5.41, 5.74) is 9.01. The zero-order chi connectivity index (χ0) is 27.5. The van der Waals surface area contributed by atoms with Gasteiger partial charge in [0.1, 0.15) is 0 Å². The molecule has 194 valence electrons. The van der Waals surface area contributed by atoms with E-state index in [0.717, 1.165) is 17.5 Å². The van der Waals surface area contributed by atoms with Gasteiger partial charge in [-0.1, -0.05) is 85.8 Å². The molecule has 2 nitrogen and oxygen atoms in total. The molecule has 0 saturated heterocycles. The highest BCUT2D eigenvalue weighted by atomic mass is 32.1. The van der Waals surface area contributed by atoms with Crippen LogP contribution < -0.4 is 0 Å². The van der Waals surface area contributed by atoms with Gasteiger partial charge in [-0.3, -0.25) is 0 Å². The molecule has 41 heavy (non-hydrogen) atoms. The fraction of sp³-hybridized carbons (Fsp3) is 0.0789. The van der Waals surface area contributed by atoms with Crippen LogP contribution >= 0.6 is 11.3 Å². The molecule has 2 aromatic heterocycles. The van der Waals surface area contributed by atoms with E-state index in [2.05, 4.69) is 115 Å². The quantitative estimate of drug-likeness (QED) is 0.218. The van der Waals surface area contributed by atoms with Gasteiger partial charge in [-0.05, 0) is 71.5 Å². The summed E-state index contributed by atoms with van der Waals surface area (Å²) in [4.78, 5) is 0. The summed E-state index contributed by atoms with van der Waals surface area (Å²) in [6, 6.07) is 41.2. The number of hydrogen-bond acceptors (Lipinski definition) is 2. The number of benzene rings is 5. The number of nitriles is 1. The molecule has 0 aliphatic heterocycles. The first-order chi connectivity index (χ1) is 20.2. The number of nitrogens with zero attached hydrogens (tertiary/aromatic N) is 2. The number of hydrogen-bond donors (Lipinski definition) is 0. The lowest BCUT2D eigenvalue weighted by Crippen LogP contribution is -2.06. The summed E-state index contributed by atoms with van der Waals surface area (Å²) in [5.74, 6) is 0.464. The average Bonchev–Trinajstić information content (AvgIpc) is 3.56. The highest BCUT2D eigenvalue weighted by molar-refractivity contribution is 7.25. The van der Waals surface area contributed by atoms with Crippen molar-refractivity contribution in [2.75, 3.05) is 0 Å². The molecule has 8 rings (SSSR count). The van der Waals surface area contributed by atoms with Gasteiger partial charge in [0.2, 0.25) is 0 Å². The molecule has 0 N–H and O–H groups in total. The molecule has 0 radical (unpaired) electrons. The third-order valence-electron chi connectivity index (χ3n) is 8.37. The lowest BCUT2D eigenvalue weighted by atomic mass is 9.90. The molecule has 1 unspecified atom stereocenters. The van der Waals surface area contributed by atoms with Crippen molar-refractivity contribution in [2.24, 2.45) is 5.92 Å². The third kappa shape index (κ3) is 3.76. The fourth-order valence-electron chi connectivity index (χ4n) is 6.43. The normalized spacial score (nSPS) is 15.4. The molecule has 3 heteroatoms. The van der Waals surface area contributed by atoms with E-state index in [4.69, 9.17) is 0 Å². The third-order valence-corrected chi connectivity index (χ3v) is 9.52. The minimum Gasteiger partial charge on any atom is -0.309 e. The highest BCUT2D eigenvalue weighted by Gasteiger charge is 2.21. The molecule has 0 bridgehead atoms. The summed E-state index contributed by atoms with van der Waals surface area (Å²) in [6.07, 6.45) is 5.89. The Morgan fingerprint density at radius 3 is 2.02 bits per heavy atom. The minimum absolute atomic E-state index is 0.464. The molecular formula is C38H26N2S. The molecular weight excluding hydrogens is 516 g/mol. The van der Waals surface area contributed by atoms with Crippen LogP contribution in [0.2, 0.25) is 0 Å². The van der Waals surface area contributed by atoms with Crippen molar-refractivity contribution in [3.63, 3.8) is 0 Å². The molecule has 5 aromatic carbocycles. The Labute approximate surface area is 242 Å². The van der Waals surface area contributed by atoms with Crippen LogP contribution in [-0.2, 0) is 0 Å². The first-order valence-electron chi connectivity index (χ1n) is 14.1. The van der Waals surface area contributed by atoms with Crippen molar-refractivity contribution in [3.8, 4) is 17.2 Å². The van der Waals surface area contributed by atoms with Crippen LogP contribution in [0.5, 0.6) is 0 Å². The molecule has 2 heterocycles. The predicted octanol–water partition coefficient (Wildman–Crippen LogP) is 10.7. The van der Waals surface area contributed by atoms with Crippen LogP contribution in [0.25, 0.3) is 64.4 Å². The summed E-state index contributed by atoms with van der Waals surface area (Å²) in [6.45, 7) is 2.30.